The fraction of sp³-hybridized carbons (Fsp3) is 0.278. The van der Waals surface area contributed by atoms with E-state index < -0.39 is 10.8 Å². The van der Waals surface area contributed by atoms with E-state index in [-0.39, 0.29) is 0 Å². The quantitative estimate of drug-likeness (QED) is 0.777. The van der Waals surface area contributed by atoms with E-state index in [0.29, 0.717) is 6.54 Å². The van der Waals surface area contributed by atoms with Gasteiger partial charge in [-0.2, -0.15) is 0 Å². The molecule has 3 rings (SSSR count). The maximum atomic E-state index is 11.4. The van der Waals surface area contributed by atoms with Crippen molar-refractivity contribution >= 4 is 27.8 Å². The van der Waals surface area contributed by atoms with E-state index in [0.717, 1.165) is 34.0 Å². The van der Waals surface area contributed by atoms with Crippen molar-refractivity contribution in [2.45, 2.75) is 31.8 Å². The Morgan fingerprint density at radius 2 is 1.91 bits per heavy atom. The Labute approximate surface area is 139 Å². The molecule has 0 amide bonds. The molecule has 2 aromatic carbocycles. The molecular formula is C18H21N3OS. The molecule has 0 fully saturated rings. The van der Waals surface area contributed by atoms with Gasteiger partial charge in [-0.15, -0.1) is 0 Å². The Morgan fingerprint density at radius 3 is 2.57 bits per heavy atom. The number of nitrogens with one attached hydrogen (secondary N) is 1. The summed E-state index contributed by atoms with van der Waals surface area (Å²) in [6, 6.07) is 14.2. The number of rotatable bonds is 5. The van der Waals surface area contributed by atoms with Crippen molar-refractivity contribution in [1.29, 1.82) is 0 Å². The highest BCUT2D eigenvalue weighted by atomic mass is 32.2. The Bertz CT molecular complexity index is 853. The SMILES string of the molecule is CCn1c(NCc2ccc([S@@](C)=O)cc2)nc2cc(C)ccc21. The molecule has 0 spiro atoms. The third-order valence-corrected chi connectivity index (χ3v) is 4.86. The van der Waals surface area contributed by atoms with Crippen LogP contribution in [-0.4, -0.2) is 20.0 Å². The molecule has 23 heavy (non-hydrogen) atoms. The van der Waals surface area contributed by atoms with Gasteiger partial charge >= 0.3 is 0 Å². The first-order valence-corrected chi connectivity index (χ1v) is 9.27. The topological polar surface area (TPSA) is 46.9 Å². The summed E-state index contributed by atoms with van der Waals surface area (Å²) in [5, 5.41) is 3.41. The first kappa shape index (κ1) is 15.7. The Balaban J connectivity index is 1.82. The highest BCUT2D eigenvalue weighted by Crippen LogP contribution is 2.21. The number of nitrogens with zero attached hydrogens (tertiary/aromatic N) is 2. The van der Waals surface area contributed by atoms with Gasteiger partial charge in [0.1, 0.15) is 0 Å². The molecule has 1 atom stereocenters. The van der Waals surface area contributed by atoms with Crippen LogP contribution < -0.4 is 5.32 Å². The van der Waals surface area contributed by atoms with Crippen molar-refractivity contribution in [2.75, 3.05) is 11.6 Å². The summed E-state index contributed by atoms with van der Waals surface area (Å²) in [5.74, 6) is 0.885. The zero-order valence-electron chi connectivity index (χ0n) is 13.7. The van der Waals surface area contributed by atoms with E-state index in [1.165, 1.54) is 5.56 Å². The van der Waals surface area contributed by atoms with E-state index in [4.69, 9.17) is 4.98 Å². The lowest BCUT2D eigenvalue weighted by Gasteiger charge is -2.09. The fourth-order valence-electron chi connectivity index (χ4n) is 2.67. The molecular weight excluding hydrogens is 306 g/mol. The number of aromatic nitrogens is 2. The maximum Gasteiger partial charge on any atom is 0.204 e. The normalized spacial score (nSPS) is 12.5. The van der Waals surface area contributed by atoms with Gasteiger partial charge in [-0.05, 0) is 49.2 Å². The van der Waals surface area contributed by atoms with Crippen LogP contribution in [0.5, 0.6) is 0 Å². The van der Waals surface area contributed by atoms with E-state index in [1.54, 1.807) is 6.26 Å². The molecule has 0 saturated heterocycles. The second-order valence-electron chi connectivity index (χ2n) is 5.62. The zero-order valence-corrected chi connectivity index (χ0v) is 14.5. The van der Waals surface area contributed by atoms with Crippen LogP contribution in [0.25, 0.3) is 11.0 Å². The van der Waals surface area contributed by atoms with Gasteiger partial charge in [0.25, 0.3) is 0 Å². The minimum absolute atomic E-state index is 0.693. The molecule has 1 N–H and O–H groups in total. The van der Waals surface area contributed by atoms with Gasteiger partial charge in [-0.3, -0.25) is 4.21 Å². The van der Waals surface area contributed by atoms with Gasteiger partial charge < -0.3 is 9.88 Å². The lowest BCUT2D eigenvalue weighted by molar-refractivity contribution is 0.687. The first-order chi connectivity index (χ1) is 11.1. The number of aryl methyl sites for hydroxylation is 2. The lowest BCUT2D eigenvalue weighted by Crippen LogP contribution is -2.06. The van der Waals surface area contributed by atoms with E-state index in [1.807, 2.05) is 24.3 Å². The summed E-state index contributed by atoms with van der Waals surface area (Å²) in [6.07, 6.45) is 1.69. The zero-order chi connectivity index (χ0) is 16.4. The van der Waals surface area contributed by atoms with Crippen LogP contribution in [0.1, 0.15) is 18.1 Å². The van der Waals surface area contributed by atoms with Crippen LogP contribution in [0.2, 0.25) is 0 Å². The predicted molar refractivity (Wildman–Crippen MR) is 96.2 cm³/mol. The van der Waals surface area contributed by atoms with Gasteiger partial charge in [0.05, 0.1) is 11.0 Å². The van der Waals surface area contributed by atoms with Crippen LogP contribution >= 0.6 is 0 Å². The Hall–Kier alpha value is -2.14. The molecule has 120 valence electrons. The van der Waals surface area contributed by atoms with E-state index >= 15 is 0 Å². The summed E-state index contributed by atoms with van der Waals surface area (Å²) in [4.78, 5) is 5.56. The molecule has 5 heteroatoms. The second kappa shape index (κ2) is 6.54. The minimum atomic E-state index is -0.932. The minimum Gasteiger partial charge on any atom is -0.352 e. The molecule has 4 nitrogen and oxygen atoms in total. The Kier molecular flexibility index (Phi) is 4.48. The maximum absolute atomic E-state index is 11.4. The number of imidazole rings is 1. The van der Waals surface area contributed by atoms with Crippen LogP contribution in [0.4, 0.5) is 5.95 Å². The predicted octanol–water partition coefficient (Wildman–Crippen LogP) is 3.71. The number of fused-ring (bicyclic) bond motifs is 1. The summed E-state index contributed by atoms with van der Waals surface area (Å²) >= 11 is 0. The second-order valence-corrected chi connectivity index (χ2v) is 7.00. The molecule has 0 saturated carbocycles. The Morgan fingerprint density at radius 1 is 1.17 bits per heavy atom. The highest BCUT2D eigenvalue weighted by molar-refractivity contribution is 7.84. The summed E-state index contributed by atoms with van der Waals surface area (Å²) < 4.78 is 13.6. The van der Waals surface area contributed by atoms with Crippen molar-refractivity contribution in [2.24, 2.45) is 0 Å². The molecule has 0 unspecified atom stereocenters. The van der Waals surface area contributed by atoms with Gasteiger partial charge in [0.2, 0.25) is 5.95 Å². The van der Waals surface area contributed by atoms with Gasteiger partial charge in [-0.25, -0.2) is 4.98 Å². The standard InChI is InChI=1S/C18H21N3OS/c1-4-21-17-10-5-13(2)11-16(17)20-18(21)19-12-14-6-8-15(9-7-14)23(3)22/h5-11H,4,12H2,1-3H3,(H,19,20)/t23-/m1/s1. The molecule has 0 aliphatic rings. The number of anilines is 1. The monoisotopic (exact) mass is 327 g/mol. The van der Waals surface area contributed by atoms with Gasteiger partial charge in [0.15, 0.2) is 0 Å². The highest BCUT2D eigenvalue weighted by Gasteiger charge is 2.09. The number of benzene rings is 2. The van der Waals surface area contributed by atoms with Crippen molar-refractivity contribution < 1.29 is 4.21 Å². The fourth-order valence-corrected chi connectivity index (χ4v) is 3.19. The van der Waals surface area contributed by atoms with Crippen molar-refractivity contribution in [3.63, 3.8) is 0 Å². The third-order valence-electron chi connectivity index (χ3n) is 3.93. The molecule has 1 heterocycles. The summed E-state index contributed by atoms with van der Waals surface area (Å²) in [5.41, 5.74) is 4.53. The lowest BCUT2D eigenvalue weighted by atomic mass is 10.2. The van der Waals surface area contributed by atoms with Gasteiger partial charge in [0, 0.05) is 35.0 Å². The average Bonchev–Trinajstić information content (AvgIpc) is 2.89. The van der Waals surface area contributed by atoms with Crippen LogP contribution in [0, 0.1) is 6.92 Å². The molecule has 0 radical (unpaired) electrons. The summed E-state index contributed by atoms with van der Waals surface area (Å²) in [6.45, 7) is 5.77. The van der Waals surface area contributed by atoms with Crippen molar-refractivity contribution in [3.05, 3.63) is 53.6 Å². The van der Waals surface area contributed by atoms with Crippen LogP contribution in [0.15, 0.2) is 47.4 Å². The van der Waals surface area contributed by atoms with Crippen molar-refractivity contribution in [1.82, 2.24) is 9.55 Å². The summed E-state index contributed by atoms with van der Waals surface area (Å²) in [7, 11) is -0.932. The smallest absolute Gasteiger partial charge is 0.204 e. The molecule has 0 aliphatic carbocycles. The van der Waals surface area contributed by atoms with E-state index in [2.05, 4.69) is 41.9 Å². The molecule has 0 aliphatic heterocycles. The molecule has 0 bridgehead atoms. The number of hydrogen-bond donors (Lipinski definition) is 1. The number of hydrogen-bond acceptors (Lipinski definition) is 3. The third kappa shape index (κ3) is 3.29. The first-order valence-electron chi connectivity index (χ1n) is 7.71. The largest absolute Gasteiger partial charge is 0.352 e. The molecule has 3 aromatic rings. The van der Waals surface area contributed by atoms with Crippen molar-refractivity contribution in [3.8, 4) is 0 Å². The molecule has 1 aromatic heterocycles. The van der Waals surface area contributed by atoms with Crippen LogP contribution in [0.3, 0.4) is 0 Å². The van der Waals surface area contributed by atoms with Crippen LogP contribution in [-0.2, 0) is 23.9 Å². The van der Waals surface area contributed by atoms with Gasteiger partial charge in [-0.1, -0.05) is 18.2 Å². The van der Waals surface area contributed by atoms with E-state index in [9.17, 15) is 4.21 Å². The average molecular weight is 327 g/mol.